The van der Waals surface area contributed by atoms with Crippen LogP contribution in [0.3, 0.4) is 0 Å². The zero-order chi connectivity index (χ0) is 13.1. The molecule has 0 saturated heterocycles. The summed E-state index contributed by atoms with van der Waals surface area (Å²) in [5.41, 5.74) is 6.61. The van der Waals surface area contributed by atoms with E-state index < -0.39 is 0 Å². The second kappa shape index (κ2) is 9.56. The summed E-state index contributed by atoms with van der Waals surface area (Å²) in [6.07, 6.45) is 1.70. The second-order valence-corrected chi connectivity index (χ2v) is 6.78. The van der Waals surface area contributed by atoms with Gasteiger partial charge in [-0.15, -0.1) is 0 Å². The number of hydrogen-bond donors (Lipinski definition) is 1. The van der Waals surface area contributed by atoms with E-state index in [1.165, 1.54) is 0 Å². The van der Waals surface area contributed by atoms with Gasteiger partial charge in [-0.25, -0.2) is 4.99 Å². The Bertz CT molecular complexity index is 441. The van der Waals surface area contributed by atoms with Crippen LogP contribution in [0, 0.1) is 0 Å². The zero-order valence-electron chi connectivity index (χ0n) is 11.0. The Morgan fingerprint density at radius 1 is 0.889 bits per heavy atom. The molecular formula is C15H19GaN2. The number of nitrogens with zero attached hydrogens (tertiary/aromatic N) is 1. The SMILES string of the molecule is C(=N\c1ccccc1)/Nc1ccccc1.[CH3][GaH][CH3]. The van der Waals surface area contributed by atoms with Crippen molar-refractivity contribution in [2.75, 3.05) is 5.32 Å². The van der Waals surface area contributed by atoms with E-state index in [-0.39, 0.29) is 17.4 Å². The van der Waals surface area contributed by atoms with Crippen LogP contribution in [-0.4, -0.2) is 23.7 Å². The van der Waals surface area contributed by atoms with Crippen molar-refractivity contribution in [3.05, 3.63) is 60.7 Å². The first kappa shape index (κ1) is 14.6. The summed E-state index contributed by atoms with van der Waals surface area (Å²) in [5.74, 6) is 0. The van der Waals surface area contributed by atoms with Gasteiger partial charge in [0.2, 0.25) is 0 Å². The van der Waals surface area contributed by atoms with Crippen LogP contribution in [0.2, 0.25) is 11.0 Å². The van der Waals surface area contributed by atoms with E-state index in [2.05, 4.69) is 21.3 Å². The van der Waals surface area contributed by atoms with Crippen LogP contribution in [0.5, 0.6) is 0 Å². The van der Waals surface area contributed by atoms with E-state index in [4.69, 9.17) is 0 Å². The third-order valence-corrected chi connectivity index (χ3v) is 1.97. The van der Waals surface area contributed by atoms with Crippen molar-refractivity contribution in [1.29, 1.82) is 0 Å². The van der Waals surface area contributed by atoms with E-state index in [1.807, 2.05) is 60.7 Å². The first-order chi connectivity index (χ1) is 8.86. The molecule has 2 nitrogen and oxygen atoms in total. The fourth-order valence-electron chi connectivity index (χ4n) is 1.23. The Hall–Kier alpha value is -1.45. The molecule has 0 aliphatic rings. The Labute approximate surface area is 117 Å². The molecular weight excluding hydrogens is 278 g/mol. The predicted octanol–water partition coefficient (Wildman–Crippen LogP) is 3.98. The number of para-hydroxylation sites is 2. The minimum absolute atomic E-state index is 0.125. The van der Waals surface area contributed by atoms with Gasteiger partial charge < -0.3 is 5.32 Å². The Morgan fingerprint density at radius 2 is 1.39 bits per heavy atom. The molecule has 92 valence electrons. The summed E-state index contributed by atoms with van der Waals surface area (Å²) in [7, 11) is 0. The van der Waals surface area contributed by atoms with E-state index in [0.717, 1.165) is 11.4 Å². The first-order valence-corrected chi connectivity index (χ1v) is 12.2. The molecule has 1 N–H and O–H groups in total. The molecule has 0 aliphatic carbocycles. The molecule has 0 heterocycles. The molecule has 0 fully saturated rings. The monoisotopic (exact) mass is 296 g/mol. The summed E-state index contributed by atoms with van der Waals surface area (Å²) in [4.78, 5) is 4.27. The summed E-state index contributed by atoms with van der Waals surface area (Å²) >= 11 is 0.125. The van der Waals surface area contributed by atoms with Crippen LogP contribution in [0.1, 0.15) is 0 Å². The average molecular weight is 297 g/mol. The van der Waals surface area contributed by atoms with Crippen LogP contribution in [-0.2, 0) is 0 Å². The van der Waals surface area contributed by atoms with Gasteiger partial charge in [-0.1, -0.05) is 36.4 Å². The van der Waals surface area contributed by atoms with Gasteiger partial charge >= 0.3 is 28.4 Å². The number of aliphatic imine (C=N–C) groups is 1. The summed E-state index contributed by atoms with van der Waals surface area (Å²) in [6, 6.07) is 19.8. The van der Waals surface area contributed by atoms with Crippen LogP contribution < -0.4 is 5.32 Å². The van der Waals surface area contributed by atoms with Crippen molar-refractivity contribution in [3.8, 4) is 0 Å². The summed E-state index contributed by atoms with van der Waals surface area (Å²) in [5, 5.41) is 3.10. The van der Waals surface area contributed by atoms with Gasteiger partial charge in [0, 0.05) is 5.69 Å². The van der Waals surface area contributed by atoms with Gasteiger partial charge in [-0.2, -0.15) is 0 Å². The number of nitrogens with one attached hydrogen (secondary N) is 1. The number of rotatable bonds is 3. The molecule has 3 heteroatoms. The number of benzene rings is 2. The molecule has 0 saturated carbocycles. The van der Waals surface area contributed by atoms with E-state index >= 15 is 0 Å². The summed E-state index contributed by atoms with van der Waals surface area (Å²) < 4.78 is 0. The van der Waals surface area contributed by atoms with Crippen molar-refractivity contribution < 1.29 is 0 Å². The maximum absolute atomic E-state index is 4.27. The van der Waals surface area contributed by atoms with Crippen LogP contribution >= 0.6 is 0 Å². The molecule has 0 amide bonds. The van der Waals surface area contributed by atoms with Crippen molar-refractivity contribution in [2.24, 2.45) is 4.99 Å². The van der Waals surface area contributed by atoms with Gasteiger partial charge in [0.05, 0.1) is 12.0 Å². The van der Waals surface area contributed by atoms with Crippen LogP contribution in [0.15, 0.2) is 65.7 Å². The van der Waals surface area contributed by atoms with Crippen LogP contribution in [0.4, 0.5) is 11.4 Å². The Kier molecular flexibility index (Phi) is 7.76. The number of anilines is 1. The normalized spacial score (nSPS) is 9.44. The van der Waals surface area contributed by atoms with Crippen molar-refractivity contribution in [3.63, 3.8) is 0 Å². The molecule has 0 unspecified atom stereocenters. The standard InChI is InChI=1S/C13H12N2.2CH3.Ga.H/c1-3-7-12(8-4-1)14-11-15-13-9-5-2-6-10-13;;;;/h1-11H,(H,14,15);2*1H3;;. The molecule has 0 aromatic heterocycles. The number of hydrogen-bond acceptors (Lipinski definition) is 1. The van der Waals surface area contributed by atoms with Crippen LogP contribution in [0.25, 0.3) is 0 Å². The second-order valence-electron chi connectivity index (χ2n) is 3.81. The van der Waals surface area contributed by atoms with Gasteiger partial charge in [0.15, 0.2) is 0 Å². The first-order valence-electron chi connectivity index (χ1n) is 6.26. The van der Waals surface area contributed by atoms with Crippen molar-refractivity contribution in [1.82, 2.24) is 0 Å². The third-order valence-electron chi connectivity index (χ3n) is 1.97. The fraction of sp³-hybridized carbons (Fsp3) is 0.133. The molecule has 2 aromatic carbocycles. The Balaban J connectivity index is 0.000000492. The molecule has 2 rings (SSSR count). The van der Waals surface area contributed by atoms with E-state index in [1.54, 1.807) is 6.34 Å². The molecule has 0 spiro atoms. The molecule has 18 heavy (non-hydrogen) atoms. The third kappa shape index (κ3) is 6.32. The quantitative estimate of drug-likeness (QED) is 0.517. The van der Waals surface area contributed by atoms with E-state index in [9.17, 15) is 0 Å². The fourth-order valence-corrected chi connectivity index (χ4v) is 1.23. The predicted molar refractivity (Wildman–Crippen MR) is 83.5 cm³/mol. The topological polar surface area (TPSA) is 24.4 Å². The van der Waals surface area contributed by atoms with Gasteiger partial charge in [0.1, 0.15) is 0 Å². The average Bonchev–Trinajstić information content (AvgIpc) is 2.42. The minimum atomic E-state index is 0.125. The van der Waals surface area contributed by atoms with E-state index in [0.29, 0.717) is 0 Å². The zero-order valence-corrected chi connectivity index (χ0v) is 14.0. The van der Waals surface area contributed by atoms with Gasteiger partial charge in [0.25, 0.3) is 0 Å². The Morgan fingerprint density at radius 3 is 1.94 bits per heavy atom. The van der Waals surface area contributed by atoms with Crippen molar-refractivity contribution >= 4 is 35.1 Å². The molecule has 0 aliphatic heterocycles. The molecule has 2 aromatic rings. The molecule has 0 atom stereocenters. The van der Waals surface area contributed by atoms with Gasteiger partial charge in [-0.3, -0.25) is 0 Å². The molecule has 0 bridgehead atoms. The van der Waals surface area contributed by atoms with Crippen molar-refractivity contribution in [2.45, 2.75) is 11.0 Å². The molecule has 0 radical (unpaired) electrons. The summed E-state index contributed by atoms with van der Waals surface area (Å²) in [6.45, 7) is 0. The maximum atomic E-state index is 4.27. The van der Waals surface area contributed by atoms with Gasteiger partial charge in [-0.05, 0) is 24.3 Å².